The highest BCUT2D eigenvalue weighted by molar-refractivity contribution is 6.31. The van der Waals surface area contributed by atoms with Gasteiger partial charge in [0.25, 0.3) is 0 Å². The summed E-state index contributed by atoms with van der Waals surface area (Å²) in [5, 5.41) is 3.52. The molecular weight excluding hydrogens is 239 g/mol. The number of hydrogen-bond donors (Lipinski definition) is 1. The highest BCUT2D eigenvalue weighted by Crippen LogP contribution is 2.32. The molecule has 0 atom stereocenters. The SMILES string of the molecule is FC(F)(F)c1ccc(Cl)c(CNC2CC2)c1. The van der Waals surface area contributed by atoms with E-state index in [1.54, 1.807) is 0 Å². The zero-order valence-corrected chi connectivity index (χ0v) is 9.20. The van der Waals surface area contributed by atoms with Crippen molar-refractivity contribution in [2.75, 3.05) is 0 Å². The molecule has 0 heterocycles. The predicted octanol–water partition coefficient (Wildman–Crippen LogP) is 3.61. The van der Waals surface area contributed by atoms with Crippen molar-refractivity contribution in [3.8, 4) is 0 Å². The molecule has 1 nitrogen and oxygen atoms in total. The standard InChI is InChI=1S/C11H11ClF3N/c12-10-4-1-8(11(13,14)15)5-7(10)6-16-9-2-3-9/h1,4-5,9,16H,2-3,6H2. The maximum absolute atomic E-state index is 12.4. The highest BCUT2D eigenvalue weighted by Gasteiger charge is 2.31. The third-order valence-electron chi connectivity index (χ3n) is 2.53. The van der Waals surface area contributed by atoms with Crippen molar-refractivity contribution in [1.29, 1.82) is 0 Å². The Balaban J connectivity index is 2.14. The number of benzene rings is 1. The fourth-order valence-corrected chi connectivity index (χ4v) is 1.61. The summed E-state index contributed by atoms with van der Waals surface area (Å²) in [6.07, 6.45) is -2.12. The summed E-state index contributed by atoms with van der Waals surface area (Å²) in [5.41, 5.74) is -0.145. The van der Waals surface area contributed by atoms with Gasteiger partial charge in [-0.3, -0.25) is 0 Å². The molecule has 16 heavy (non-hydrogen) atoms. The van der Waals surface area contributed by atoms with Gasteiger partial charge in [0.05, 0.1) is 5.56 Å². The van der Waals surface area contributed by atoms with Crippen LogP contribution in [0, 0.1) is 0 Å². The molecule has 0 amide bonds. The first kappa shape index (κ1) is 11.7. The van der Waals surface area contributed by atoms with E-state index in [0.717, 1.165) is 25.0 Å². The van der Waals surface area contributed by atoms with Gasteiger partial charge in [-0.05, 0) is 36.6 Å². The van der Waals surface area contributed by atoms with Gasteiger partial charge in [0.1, 0.15) is 0 Å². The normalized spacial score (nSPS) is 16.5. The van der Waals surface area contributed by atoms with Crippen molar-refractivity contribution in [1.82, 2.24) is 5.32 Å². The second-order valence-corrected chi connectivity index (χ2v) is 4.37. The molecule has 1 aromatic rings. The zero-order valence-electron chi connectivity index (χ0n) is 8.44. The minimum absolute atomic E-state index is 0.376. The average molecular weight is 250 g/mol. The predicted molar refractivity (Wildman–Crippen MR) is 56.3 cm³/mol. The van der Waals surface area contributed by atoms with Crippen molar-refractivity contribution in [3.05, 3.63) is 34.3 Å². The molecule has 2 rings (SSSR count). The quantitative estimate of drug-likeness (QED) is 0.863. The van der Waals surface area contributed by atoms with Gasteiger partial charge in [-0.15, -0.1) is 0 Å². The summed E-state index contributed by atoms with van der Waals surface area (Å²) < 4.78 is 37.3. The summed E-state index contributed by atoms with van der Waals surface area (Å²) >= 11 is 5.84. The molecule has 0 aromatic heterocycles. The lowest BCUT2D eigenvalue weighted by Crippen LogP contribution is -2.16. The van der Waals surface area contributed by atoms with Crippen LogP contribution in [0.5, 0.6) is 0 Å². The van der Waals surface area contributed by atoms with E-state index >= 15 is 0 Å². The van der Waals surface area contributed by atoms with Crippen molar-refractivity contribution in [3.63, 3.8) is 0 Å². The molecule has 0 spiro atoms. The molecule has 1 N–H and O–H groups in total. The zero-order chi connectivity index (χ0) is 11.8. The van der Waals surface area contributed by atoms with Gasteiger partial charge < -0.3 is 5.32 Å². The monoisotopic (exact) mass is 249 g/mol. The summed E-state index contributed by atoms with van der Waals surface area (Å²) in [5.74, 6) is 0. The summed E-state index contributed by atoms with van der Waals surface area (Å²) in [4.78, 5) is 0. The second-order valence-electron chi connectivity index (χ2n) is 3.96. The van der Waals surface area contributed by atoms with Gasteiger partial charge in [-0.25, -0.2) is 0 Å². The van der Waals surface area contributed by atoms with E-state index in [1.807, 2.05) is 0 Å². The number of alkyl halides is 3. The van der Waals surface area contributed by atoms with Crippen LogP contribution in [-0.4, -0.2) is 6.04 Å². The molecular formula is C11H11ClF3N. The molecule has 1 fully saturated rings. The molecule has 0 radical (unpaired) electrons. The molecule has 0 saturated heterocycles. The molecule has 88 valence electrons. The highest BCUT2D eigenvalue weighted by atomic mass is 35.5. The van der Waals surface area contributed by atoms with Crippen molar-refractivity contribution >= 4 is 11.6 Å². The van der Waals surface area contributed by atoms with E-state index in [-0.39, 0.29) is 0 Å². The van der Waals surface area contributed by atoms with Gasteiger partial charge in [0.2, 0.25) is 0 Å². The summed E-state index contributed by atoms with van der Waals surface area (Å²) in [7, 11) is 0. The van der Waals surface area contributed by atoms with Crippen LogP contribution < -0.4 is 5.32 Å². The molecule has 1 aliphatic rings. The number of halogens is 4. The largest absolute Gasteiger partial charge is 0.416 e. The Hall–Kier alpha value is -0.740. The minimum Gasteiger partial charge on any atom is -0.310 e. The Morgan fingerprint density at radius 2 is 2.00 bits per heavy atom. The van der Waals surface area contributed by atoms with E-state index in [9.17, 15) is 13.2 Å². The molecule has 5 heteroatoms. The fourth-order valence-electron chi connectivity index (χ4n) is 1.43. The van der Waals surface area contributed by atoms with Crippen LogP contribution in [0.3, 0.4) is 0 Å². The first-order valence-corrected chi connectivity index (χ1v) is 5.43. The third kappa shape index (κ3) is 2.89. The molecule has 1 aromatic carbocycles. The van der Waals surface area contributed by atoms with Crippen LogP contribution in [0.1, 0.15) is 24.0 Å². The van der Waals surface area contributed by atoms with Crippen LogP contribution in [0.4, 0.5) is 13.2 Å². The summed E-state index contributed by atoms with van der Waals surface area (Å²) in [6, 6.07) is 3.86. The van der Waals surface area contributed by atoms with E-state index in [2.05, 4.69) is 5.32 Å². The molecule has 0 unspecified atom stereocenters. The van der Waals surface area contributed by atoms with Gasteiger partial charge >= 0.3 is 6.18 Å². The molecule has 0 bridgehead atoms. The van der Waals surface area contributed by atoms with Crippen molar-refractivity contribution in [2.45, 2.75) is 31.6 Å². The van der Waals surface area contributed by atoms with E-state index < -0.39 is 11.7 Å². The Labute approximate surface area is 96.6 Å². The number of nitrogens with one attached hydrogen (secondary N) is 1. The van der Waals surface area contributed by atoms with E-state index in [4.69, 9.17) is 11.6 Å². The van der Waals surface area contributed by atoms with Gasteiger partial charge in [0, 0.05) is 17.6 Å². The first-order chi connectivity index (χ1) is 7.47. The Bertz CT molecular complexity index is 385. The second kappa shape index (κ2) is 4.26. The van der Waals surface area contributed by atoms with Crippen LogP contribution in [0.25, 0.3) is 0 Å². The van der Waals surface area contributed by atoms with Crippen LogP contribution in [0.2, 0.25) is 5.02 Å². The topological polar surface area (TPSA) is 12.0 Å². The van der Waals surface area contributed by atoms with Gasteiger partial charge in [-0.2, -0.15) is 13.2 Å². The Kier molecular flexibility index (Phi) is 3.13. The molecule has 1 aliphatic carbocycles. The lowest BCUT2D eigenvalue weighted by molar-refractivity contribution is -0.137. The Morgan fingerprint density at radius 1 is 1.31 bits per heavy atom. The first-order valence-electron chi connectivity index (χ1n) is 5.06. The maximum Gasteiger partial charge on any atom is 0.416 e. The van der Waals surface area contributed by atoms with Crippen LogP contribution >= 0.6 is 11.6 Å². The van der Waals surface area contributed by atoms with E-state index in [0.29, 0.717) is 23.2 Å². The van der Waals surface area contributed by atoms with Crippen LogP contribution in [0.15, 0.2) is 18.2 Å². The van der Waals surface area contributed by atoms with E-state index in [1.165, 1.54) is 6.07 Å². The lowest BCUT2D eigenvalue weighted by Gasteiger charge is -2.10. The molecule has 1 saturated carbocycles. The lowest BCUT2D eigenvalue weighted by atomic mass is 10.1. The fraction of sp³-hybridized carbons (Fsp3) is 0.455. The molecule has 0 aliphatic heterocycles. The van der Waals surface area contributed by atoms with Crippen molar-refractivity contribution < 1.29 is 13.2 Å². The number of hydrogen-bond acceptors (Lipinski definition) is 1. The van der Waals surface area contributed by atoms with Crippen LogP contribution in [-0.2, 0) is 12.7 Å². The Morgan fingerprint density at radius 3 is 2.56 bits per heavy atom. The smallest absolute Gasteiger partial charge is 0.310 e. The average Bonchev–Trinajstić information content (AvgIpc) is 2.98. The summed E-state index contributed by atoms with van der Waals surface area (Å²) in [6.45, 7) is 0.396. The number of rotatable bonds is 3. The minimum atomic E-state index is -4.31. The van der Waals surface area contributed by atoms with Gasteiger partial charge in [-0.1, -0.05) is 11.6 Å². The van der Waals surface area contributed by atoms with Gasteiger partial charge in [0.15, 0.2) is 0 Å². The van der Waals surface area contributed by atoms with Crippen molar-refractivity contribution in [2.24, 2.45) is 0 Å². The third-order valence-corrected chi connectivity index (χ3v) is 2.90. The maximum atomic E-state index is 12.4.